The summed E-state index contributed by atoms with van der Waals surface area (Å²) < 4.78 is 65.4. The highest BCUT2D eigenvalue weighted by atomic mass is 79.9. The minimum atomic E-state index is -3.77. The first-order chi connectivity index (χ1) is 9.29. The second-order valence-corrected chi connectivity index (χ2v) is 8.21. The van der Waals surface area contributed by atoms with E-state index in [-0.39, 0.29) is 16.3 Å². The van der Waals surface area contributed by atoms with Crippen molar-refractivity contribution in [1.29, 1.82) is 0 Å². The molecule has 0 bridgehead atoms. The quantitative estimate of drug-likeness (QED) is 0.819. The summed E-state index contributed by atoms with van der Waals surface area (Å²) in [4.78, 5) is 0. The molecule has 2 rings (SSSR count). The Morgan fingerprint density at radius 1 is 1.15 bits per heavy atom. The summed E-state index contributed by atoms with van der Waals surface area (Å²) in [5.41, 5.74) is -0.0133. The van der Waals surface area contributed by atoms with Crippen molar-refractivity contribution in [2.24, 2.45) is 0 Å². The zero-order valence-corrected chi connectivity index (χ0v) is 12.9. The van der Waals surface area contributed by atoms with Crippen LogP contribution < -0.4 is 4.72 Å². The van der Waals surface area contributed by atoms with Gasteiger partial charge in [-0.3, -0.25) is 0 Å². The summed E-state index contributed by atoms with van der Waals surface area (Å²) in [5.74, 6) is -4.31. The number of nitrogens with one attached hydrogen (secondary N) is 1. The molecular formula is C11H7BrF3NO2S2. The summed E-state index contributed by atoms with van der Waals surface area (Å²) >= 11 is 4.13. The molecule has 20 heavy (non-hydrogen) atoms. The third-order valence-corrected chi connectivity index (χ3v) is 5.84. The number of hydrogen-bond donors (Lipinski definition) is 1. The van der Waals surface area contributed by atoms with E-state index in [4.69, 9.17) is 0 Å². The number of rotatable bonds is 4. The number of hydrogen-bond acceptors (Lipinski definition) is 3. The van der Waals surface area contributed by atoms with Gasteiger partial charge in [-0.05, 0) is 45.8 Å². The summed E-state index contributed by atoms with van der Waals surface area (Å²) in [6.07, 6.45) is 0. The lowest BCUT2D eigenvalue weighted by Gasteiger charge is -2.06. The van der Waals surface area contributed by atoms with E-state index in [1.807, 2.05) is 0 Å². The van der Waals surface area contributed by atoms with Crippen molar-refractivity contribution in [3.8, 4) is 0 Å². The second-order valence-electron chi connectivity index (χ2n) is 3.76. The van der Waals surface area contributed by atoms with E-state index in [2.05, 4.69) is 20.7 Å². The first-order valence-corrected chi connectivity index (χ1v) is 8.27. The summed E-state index contributed by atoms with van der Waals surface area (Å²) in [7, 11) is -3.77. The molecule has 0 aliphatic heterocycles. The summed E-state index contributed by atoms with van der Waals surface area (Å²) in [6.45, 7) is -0.341. The maximum atomic E-state index is 13.0. The van der Waals surface area contributed by atoms with Crippen LogP contribution >= 0.6 is 27.3 Å². The van der Waals surface area contributed by atoms with Crippen LogP contribution in [-0.4, -0.2) is 8.42 Å². The van der Waals surface area contributed by atoms with Crippen LogP contribution in [0.1, 0.15) is 5.56 Å². The van der Waals surface area contributed by atoms with Gasteiger partial charge in [0.1, 0.15) is 4.21 Å². The molecule has 0 unspecified atom stereocenters. The van der Waals surface area contributed by atoms with E-state index in [0.717, 1.165) is 23.5 Å². The molecule has 0 amide bonds. The Hall–Kier alpha value is -0.900. The molecule has 0 aliphatic rings. The predicted octanol–water partition coefficient (Wildman–Crippen LogP) is 3.41. The fraction of sp³-hybridized carbons (Fsp3) is 0.0909. The van der Waals surface area contributed by atoms with Gasteiger partial charge in [-0.2, -0.15) is 0 Å². The van der Waals surface area contributed by atoms with E-state index < -0.39 is 27.5 Å². The fourth-order valence-electron chi connectivity index (χ4n) is 1.40. The van der Waals surface area contributed by atoms with Crippen molar-refractivity contribution >= 4 is 37.3 Å². The second kappa shape index (κ2) is 5.84. The molecule has 2 aromatic rings. The molecule has 0 radical (unpaired) electrons. The maximum absolute atomic E-state index is 13.0. The van der Waals surface area contributed by atoms with Crippen LogP contribution in [0.4, 0.5) is 13.2 Å². The Balaban J connectivity index is 2.16. The first-order valence-electron chi connectivity index (χ1n) is 5.18. The normalized spacial score (nSPS) is 11.8. The molecule has 0 atom stereocenters. The lowest BCUT2D eigenvalue weighted by molar-refractivity contribution is 0.445. The van der Waals surface area contributed by atoms with Crippen molar-refractivity contribution in [2.45, 2.75) is 10.8 Å². The van der Waals surface area contributed by atoms with E-state index in [1.54, 1.807) is 6.07 Å². The number of halogens is 4. The van der Waals surface area contributed by atoms with Crippen molar-refractivity contribution in [2.75, 3.05) is 0 Å². The SMILES string of the molecule is O=S(=O)(NCc1cc(F)c(F)c(F)c1)c1ccc(Br)s1. The molecule has 0 saturated heterocycles. The van der Waals surface area contributed by atoms with Gasteiger partial charge < -0.3 is 0 Å². The van der Waals surface area contributed by atoms with E-state index in [9.17, 15) is 21.6 Å². The molecule has 3 nitrogen and oxygen atoms in total. The van der Waals surface area contributed by atoms with Crippen molar-refractivity contribution < 1.29 is 21.6 Å². The van der Waals surface area contributed by atoms with Crippen molar-refractivity contribution in [1.82, 2.24) is 4.72 Å². The molecule has 1 aromatic heterocycles. The molecule has 1 N–H and O–H groups in total. The molecule has 0 saturated carbocycles. The number of sulfonamides is 1. The van der Waals surface area contributed by atoms with Crippen LogP contribution in [0.25, 0.3) is 0 Å². The van der Waals surface area contributed by atoms with Gasteiger partial charge in [0.25, 0.3) is 0 Å². The Labute approximate surface area is 125 Å². The Kier molecular flexibility index (Phi) is 4.52. The Bertz CT molecular complexity index is 723. The predicted molar refractivity (Wildman–Crippen MR) is 72.4 cm³/mol. The highest BCUT2D eigenvalue weighted by molar-refractivity contribution is 9.11. The molecule has 0 fully saturated rings. The van der Waals surface area contributed by atoms with Gasteiger partial charge in [-0.1, -0.05) is 0 Å². The van der Waals surface area contributed by atoms with E-state index in [1.165, 1.54) is 6.07 Å². The Morgan fingerprint density at radius 3 is 2.25 bits per heavy atom. The minimum absolute atomic E-state index is 0.0133. The zero-order chi connectivity index (χ0) is 14.9. The average molecular weight is 386 g/mol. The molecular weight excluding hydrogens is 379 g/mol. The lowest BCUT2D eigenvalue weighted by atomic mass is 10.2. The van der Waals surface area contributed by atoms with Gasteiger partial charge in [0, 0.05) is 6.54 Å². The smallest absolute Gasteiger partial charge is 0.206 e. The van der Waals surface area contributed by atoms with E-state index in [0.29, 0.717) is 3.79 Å². The topological polar surface area (TPSA) is 46.2 Å². The third kappa shape index (κ3) is 3.40. The molecule has 9 heteroatoms. The lowest BCUT2D eigenvalue weighted by Crippen LogP contribution is -2.22. The van der Waals surface area contributed by atoms with Gasteiger partial charge in [0.15, 0.2) is 17.5 Å². The third-order valence-electron chi connectivity index (χ3n) is 2.32. The molecule has 0 aliphatic carbocycles. The van der Waals surface area contributed by atoms with Crippen LogP contribution in [0, 0.1) is 17.5 Å². The van der Waals surface area contributed by atoms with Crippen molar-refractivity contribution in [3.63, 3.8) is 0 Å². The summed E-state index contributed by atoms with van der Waals surface area (Å²) in [5, 5.41) is 0. The minimum Gasteiger partial charge on any atom is -0.206 e. The van der Waals surface area contributed by atoms with Gasteiger partial charge in [-0.15, -0.1) is 11.3 Å². The molecule has 108 valence electrons. The van der Waals surface area contributed by atoms with Crippen LogP contribution in [-0.2, 0) is 16.6 Å². The highest BCUT2D eigenvalue weighted by Gasteiger charge is 2.17. The summed E-state index contributed by atoms with van der Waals surface area (Å²) in [6, 6.07) is 4.44. The van der Waals surface area contributed by atoms with E-state index >= 15 is 0 Å². The first kappa shape index (κ1) is 15.5. The van der Waals surface area contributed by atoms with Crippen LogP contribution in [0.2, 0.25) is 0 Å². The highest BCUT2D eigenvalue weighted by Crippen LogP contribution is 2.26. The van der Waals surface area contributed by atoms with Gasteiger partial charge in [0.2, 0.25) is 10.0 Å². The Morgan fingerprint density at radius 2 is 1.75 bits per heavy atom. The van der Waals surface area contributed by atoms with Crippen LogP contribution in [0.3, 0.4) is 0 Å². The maximum Gasteiger partial charge on any atom is 0.250 e. The van der Waals surface area contributed by atoms with Crippen LogP contribution in [0.5, 0.6) is 0 Å². The van der Waals surface area contributed by atoms with Crippen LogP contribution in [0.15, 0.2) is 32.3 Å². The fourth-order valence-corrected chi connectivity index (χ4v) is 4.47. The standard InChI is InChI=1S/C11H7BrF3NO2S2/c12-9-1-2-10(19-9)20(17,18)16-5-6-3-7(13)11(15)8(14)4-6/h1-4,16H,5H2. The monoisotopic (exact) mass is 385 g/mol. The zero-order valence-electron chi connectivity index (χ0n) is 9.66. The largest absolute Gasteiger partial charge is 0.250 e. The molecule has 0 spiro atoms. The van der Waals surface area contributed by atoms with Gasteiger partial charge in [0.05, 0.1) is 3.79 Å². The molecule has 1 heterocycles. The van der Waals surface area contributed by atoms with Gasteiger partial charge >= 0.3 is 0 Å². The number of benzene rings is 1. The van der Waals surface area contributed by atoms with Crippen molar-refractivity contribution in [3.05, 3.63) is 51.1 Å². The van der Waals surface area contributed by atoms with Gasteiger partial charge in [-0.25, -0.2) is 26.3 Å². The molecule has 1 aromatic carbocycles. The number of thiophene rings is 1. The average Bonchev–Trinajstić information content (AvgIpc) is 2.81.